The van der Waals surface area contributed by atoms with Crippen LogP contribution in [0.1, 0.15) is 12.0 Å². The van der Waals surface area contributed by atoms with Gasteiger partial charge in [0.15, 0.2) is 0 Å². The molecule has 3 nitrogen and oxygen atoms in total. The third-order valence-electron chi connectivity index (χ3n) is 3.80. The SMILES string of the molecule is N[C@@]12C[C@@H]1CN(C(=O)Cc1cccc(F)c1)C2. The number of amides is 1. The highest BCUT2D eigenvalue weighted by molar-refractivity contribution is 5.79. The summed E-state index contributed by atoms with van der Waals surface area (Å²) >= 11 is 0. The summed E-state index contributed by atoms with van der Waals surface area (Å²) in [4.78, 5) is 13.8. The van der Waals surface area contributed by atoms with E-state index in [9.17, 15) is 9.18 Å². The average molecular weight is 234 g/mol. The molecule has 1 heterocycles. The Morgan fingerprint density at radius 1 is 1.59 bits per heavy atom. The Morgan fingerprint density at radius 2 is 2.41 bits per heavy atom. The first kappa shape index (κ1) is 10.7. The van der Waals surface area contributed by atoms with Crippen molar-refractivity contribution in [2.45, 2.75) is 18.4 Å². The summed E-state index contributed by atoms with van der Waals surface area (Å²) in [5.74, 6) is 0.237. The number of nitrogens with zero attached hydrogens (tertiary/aromatic N) is 1. The standard InChI is InChI=1S/C13H15FN2O/c14-11-3-1-2-9(4-11)5-12(17)16-7-10-6-13(10,15)8-16/h1-4,10H,5-8,15H2/t10-,13-/m1/s1. The van der Waals surface area contributed by atoms with Crippen molar-refractivity contribution >= 4 is 5.91 Å². The molecule has 0 radical (unpaired) electrons. The van der Waals surface area contributed by atoms with Crippen molar-refractivity contribution in [3.63, 3.8) is 0 Å². The summed E-state index contributed by atoms with van der Waals surface area (Å²) in [6, 6.07) is 6.20. The van der Waals surface area contributed by atoms with Crippen LogP contribution in [0.4, 0.5) is 4.39 Å². The van der Waals surface area contributed by atoms with Crippen molar-refractivity contribution in [1.29, 1.82) is 0 Å². The third kappa shape index (κ3) is 1.93. The van der Waals surface area contributed by atoms with Gasteiger partial charge < -0.3 is 10.6 Å². The fourth-order valence-corrected chi connectivity index (χ4v) is 2.65. The van der Waals surface area contributed by atoms with Gasteiger partial charge in [0.25, 0.3) is 0 Å². The predicted molar refractivity (Wildman–Crippen MR) is 61.7 cm³/mol. The largest absolute Gasteiger partial charge is 0.340 e. The molecule has 1 saturated carbocycles. The lowest BCUT2D eigenvalue weighted by molar-refractivity contribution is -0.130. The van der Waals surface area contributed by atoms with Crippen molar-refractivity contribution in [2.24, 2.45) is 11.7 Å². The van der Waals surface area contributed by atoms with Crippen LogP contribution in [0, 0.1) is 11.7 Å². The molecule has 2 atom stereocenters. The third-order valence-corrected chi connectivity index (χ3v) is 3.80. The van der Waals surface area contributed by atoms with Crippen LogP contribution in [0.15, 0.2) is 24.3 Å². The normalized spacial score (nSPS) is 30.2. The van der Waals surface area contributed by atoms with E-state index in [0.717, 1.165) is 18.5 Å². The molecule has 90 valence electrons. The van der Waals surface area contributed by atoms with Crippen LogP contribution < -0.4 is 5.73 Å². The molecule has 3 rings (SSSR count). The van der Waals surface area contributed by atoms with Crippen molar-refractivity contribution in [2.75, 3.05) is 13.1 Å². The van der Waals surface area contributed by atoms with Gasteiger partial charge in [0.2, 0.25) is 5.91 Å². The first-order valence-electron chi connectivity index (χ1n) is 5.88. The van der Waals surface area contributed by atoms with Crippen LogP contribution in [-0.2, 0) is 11.2 Å². The fraction of sp³-hybridized carbons (Fsp3) is 0.462. The van der Waals surface area contributed by atoms with E-state index >= 15 is 0 Å². The molecule has 1 aliphatic heterocycles. The van der Waals surface area contributed by atoms with Crippen molar-refractivity contribution < 1.29 is 9.18 Å². The van der Waals surface area contributed by atoms with Gasteiger partial charge in [-0.3, -0.25) is 4.79 Å². The number of carbonyl (C=O) groups excluding carboxylic acids is 1. The first-order valence-corrected chi connectivity index (χ1v) is 5.88. The number of benzene rings is 1. The summed E-state index contributed by atoms with van der Waals surface area (Å²) in [6.07, 6.45) is 1.30. The second-order valence-electron chi connectivity index (χ2n) is 5.22. The molecular formula is C13H15FN2O. The number of hydrogen-bond acceptors (Lipinski definition) is 2. The van der Waals surface area contributed by atoms with Crippen LogP contribution >= 0.6 is 0 Å². The zero-order chi connectivity index (χ0) is 12.0. The minimum atomic E-state index is -0.296. The van der Waals surface area contributed by atoms with Crippen LogP contribution in [0.3, 0.4) is 0 Å². The maximum Gasteiger partial charge on any atom is 0.227 e. The van der Waals surface area contributed by atoms with Crippen LogP contribution in [0.2, 0.25) is 0 Å². The lowest BCUT2D eigenvalue weighted by Gasteiger charge is -2.19. The highest BCUT2D eigenvalue weighted by Crippen LogP contribution is 2.47. The quantitative estimate of drug-likeness (QED) is 0.827. The number of carbonyl (C=O) groups is 1. The van der Waals surface area contributed by atoms with E-state index in [-0.39, 0.29) is 23.7 Å². The molecule has 17 heavy (non-hydrogen) atoms. The molecule has 0 bridgehead atoms. The van der Waals surface area contributed by atoms with E-state index in [0.29, 0.717) is 12.5 Å². The van der Waals surface area contributed by atoms with Gasteiger partial charge >= 0.3 is 0 Å². The summed E-state index contributed by atoms with van der Waals surface area (Å²) in [5, 5.41) is 0. The van der Waals surface area contributed by atoms with Gasteiger partial charge in [-0.15, -0.1) is 0 Å². The maximum atomic E-state index is 13.0. The molecule has 0 aromatic heterocycles. The number of rotatable bonds is 2. The molecule has 1 aromatic rings. The number of fused-ring (bicyclic) bond motifs is 1. The summed E-state index contributed by atoms with van der Waals surface area (Å²) in [5.41, 5.74) is 6.65. The smallest absolute Gasteiger partial charge is 0.227 e. The Hall–Kier alpha value is -1.42. The topological polar surface area (TPSA) is 46.3 Å². The van der Waals surface area contributed by atoms with Crippen LogP contribution in [-0.4, -0.2) is 29.4 Å². The van der Waals surface area contributed by atoms with Crippen LogP contribution in [0.25, 0.3) is 0 Å². The van der Waals surface area contributed by atoms with E-state index in [1.807, 2.05) is 0 Å². The highest BCUT2D eigenvalue weighted by atomic mass is 19.1. The van der Waals surface area contributed by atoms with Gasteiger partial charge in [-0.1, -0.05) is 12.1 Å². The Morgan fingerprint density at radius 3 is 3.06 bits per heavy atom. The van der Waals surface area contributed by atoms with E-state index < -0.39 is 0 Å². The van der Waals surface area contributed by atoms with Crippen LogP contribution in [0.5, 0.6) is 0 Å². The maximum absolute atomic E-state index is 13.0. The van der Waals surface area contributed by atoms with Gasteiger partial charge in [-0.05, 0) is 30.0 Å². The zero-order valence-electron chi connectivity index (χ0n) is 9.53. The Bertz CT molecular complexity index is 476. The van der Waals surface area contributed by atoms with E-state index in [4.69, 9.17) is 5.73 Å². The summed E-state index contributed by atoms with van der Waals surface area (Å²) in [6.45, 7) is 1.43. The molecular weight excluding hydrogens is 219 g/mol. The van der Waals surface area contributed by atoms with Gasteiger partial charge in [-0.25, -0.2) is 4.39 Å². The average Bonchev–Trinajstić information content (AvgIpc) is 2.77. The predicted octanol–water partition coefficient (Wildman–Crippen LogP) is 0.928. The second kappa shape index (κ2) is 3.53. The molecule has 1 aromatic carbocycles. The Kier molecular flexibility index (Phi) is 2.23. The number of halogens is 1. The fourth-order valence-electron chi connectivity index (χ4n) is 2.65. The molecule has 0 spiro atoms. The van der Waals surface area contributed by atoms with Gasteiger partial charge in [0, 0.05) is 18.6 Å². The lowest BCUT2D eigenvalue weighted by atomic mass is 10.1. The van der Waals surface area contributed by atoms with E-state index in [1.165, 1.54) is 12.1 Å². The van der Waals surface area contributed by atoms with Gasteiger partial charge in [0.1, 0.15) is 5.82 Å². The lowest BCUT2D eigenvalue weighted by Crippen LogP contribution is -2.37. The number of nitrogens with two attached hydrogens (primary N) is 1. The monoisotopic (exact) mass is 234 g/mol. The summed E-state index contributed by atoms with van der Waals surface area (Å²) in [7, 11) is 0. The van der Waals surface area contributed by atoms with E-state index in [1.54, 1.807) is 17.0 Å². The molecule has 1 amide bonds. The van der Waals surface area contributed by atoms with Crippen molar-refractivity contribution in [3.05, 3.63) is 35.6 Å². The molecule has 2 fully saturated rings. The molecule has 2 N–H and O–H groups in total. The minimum absolute atomic E-state index is 0.0487. The number of hydrogen-bond donors (Lipinski definition) is 1. The molecule has 0 unspecified atom stereocenters. The Labute approximate surface area is 99.4 Å². The number of piperidine rings is 1. The summed E-state index contributed by atoms with van der Waals surface area (Å²) < 4.78 is 13.0. The van der Waals surface area contributed by atoms with Crippen molar-refractivity contribution in [3.8, 4) is 0 Å². The minimum Gasteiger partial charge on any atom is -0.340 e. The Balaban J connectivity index is 1.64. The zero-order valence-corrected chi connectivity index (χ0v) is 9.53. The second-order valence-corrected chi connectivity index (χ2v) is 5.22. The number of likely N-dealkylation sites (tertiary alicyclic amines) is 1. The van der Waals surface area contributed by atoms with Crippen molar-refractivity contribution in [1.82, 2.24) is 4.90 Å². The molecule has 4 heteroatoms. The molecule has 1 saturated heterocycles. The molecule has 1 aliphatic carbocycles. The van der Waals surface area contributed by atoms with Gasteiger partial charge in [0.05, 0.1) is 6.42 Å². The highest BCUT2D eigenvalue weighted by Gasteiger charge is 2.58. The van der Waals surface area contributed by atoms with E-state index in [2.05, 4.69) is 0 Å². The molecule has 2 aliphatic rings. The first-order chi connectivity index (χ1) is 8.07. The van der Waals surface area contributed by atoms with Gasteiger partial charge in [-0.2, -0.15) is 0 Å².